The zero-order valence-electron chi connectivity index (χ0n) is 23.7. The van der Waals surface area contributed by atoms with E-state index in [4.69, 9.17) is 11.6 Å². The van der Waals surface area contributed by atoms with Gasteiger partial charge in [0.1, 0.15) is 12.6 Å². The molecule has 0 saturated carbocycles. The van der Waals surface area contributed by atoms with E-state index in [2.05, 4.69) is 5.32 Å². The fourth-order valence-corrected chi connectivity index (χ4v) is 5.46. The Bertz CT molecular complexity index is 1430. The second kappa shape index (κ2) is 13.8. The molecule has 7 nitrogen and oxygen atoms in total. The van der Waals surface area contributed by atoms with Crippen LogP contribution in [-0.2, 0) is 32.6 Å². The first kappa shape index (κ1) is 31.2. The summed E-state index contributed by atoms with van der Waals surface area (Å²) in [6.07, 6.45) is 1.33. The number of rotatable bonds is 12. The monoisotopic (exact) mass is 583 g/mol. The summed E-state index contributed by atoms with van der Waals surface area (Å²) >= 11 is 6.49. The van der Waals surface area contributed by atoms with Gasteiger partial charge in [0.15, 0.2) is 0 Å². The number of carbonyl (C=O) groups excluding carboxylic acids is 2. The molecule has 0 aliphatic rings. The van der Waals surface area contributed by atoms with E-state index >= 15 is 0 Å². The number of sulfonamides is 1. The third-order valence-corrected chi connectivity index (χ3v) is 8.06. The van der Waals surface area contributed by atoms with Crippen LogP contribution in [0.15, 0.2) is 72.8 Å². The number of anilines is 1. The van der Waals surface area contributed by atoms with Gasteiger partial charge < -0.3 is 10.2 Å². The molecule has 0 aromatic heterocycles. The van der Waals surface area contributed by atoms with Crippen molar-refractivity contribution in [2.45, 2.75) is 46.7 Å². The van der Waals surface area contributed by atoms with E-state index in [1.807, 2.05) is 69.3 Å². The van der Waals surface area contributed by atoms with Gasteiger partial charge in [0.2, 0.25) is 21.8 Å². The van der Waals surface area contributed by atoms with Crippen molar-refractivity contribution >= 4 is 39.1 Å². The molecule has 0 aliphatic heterocycles. The highest BCUT2D eigenvalue weighted by atomic mass is 35.5. The molecule has 1 atom stereocenters. The second-order valence-electron chi connectivity index (χ2n) is 10.5. The van der Waals surface area contributed by atoms with E-state index in [0.29, 0.717) is 22.8 Å². The van der Waals surface area contributed by atoms with E-state index < -0.39 is 28.5 Å². The van der Waals surface area contributed by atoms with Crippen molar-refractivity contribution in [2.24, 2.45) is 5.92 Å². The normalized spacial score (nSPS) is 12.2. The van der Waals surface area contributed by atoms with Gasteiger partial charge in [-0.2, -0.15) is 0 Å². The molecule has 0 aliphatic carbocycles. The van der Waals surface area contributed by atoms with Crippen molar-refractivity contribution < 1.29 is 18.0 Å². The fraction of sp³-hybridized carbons (Fsp3) is 0.355. The average molecular weight is 584 g/mol. The SMILES string of the molecule is Cc1ccc(C)c(N(CC(=O)N(Cc2ccccc2Cl)[C@H](Cc2ccccc2)C(=O)NCC(C)C)S(C)(=O)=O)c1. The molecule has 0 fully saturated rings. The van der Waals surface area contributed by atoms with Crippen molar-refractivity contribution in [3.05, 3.63) is 100 Å². The molecule has 9 heteroatoms. The van der Waals surface area contributed by atoms with Crippen LogP contribution >= 0.6 is 11.6 Å². The van der Waals surface area contributed by atoms with Gasteiger partial charge in [-0.05, 0) is 54.2 Å². The van der Waals surface area contributed by atoms with Crippen molar-refractivity contribution in [3.8, 4) is 0 Å². The molecule has 0 heterocycles. The van der Waals surface area contributed by atoms with Crippen LogP contribution in [0.3, 0.4) is 0 Å². The topological polar surface area (TPSA) is 86.8 Å². The molecule has 0 bridgehead atoms. The van der Waals surface area contributed by atoms with Gasteiger partial charge in [-0.15, -0.1) is 0 Å². The predicted molar refractivity (Wildman–Crippen MR) is 162 cm³/mol. The number of carbonyl (C=O) groups is 2. The third kappa shape index (κ3) is 8.57. The first-order valence-electron chi connectivity index (χ1n) is 13.3. The summed E-state index contributed by atoms with van der Waals surface area (Å²) in [5.74, 6) is -0.610. The standard InChI is InChI=1S/C31H38ClN3O4S/c1-22(2)19-33-31(37)29(18-25-11-7-6-8-12-25)34(20-26-13-9-10-14-27(26)32)30(36)21-35(40(5,38)39)28-17-23(3)15-16-24(28)4/h6-17,22,29H,18-21H2,1-5H3,(H,33,37)/t29-/m1/s1. The molecule has 214 valence electrons. The van der Waals surface area contributed by atoms with Crippen LogP contribution in [0.2, 0.25) is 5.02 Å². The highest BCUT2D eigenvalue weighted by Gasteiger charge is 2.33. The molecule has 0 saturated heterocycles. The summed E-state index contributed by atoms with van der Waals surface area (Å²) in [5, 5.41) is 3.43. The van der Waals surface area contributed by atoms with Crippen molar-refractivity contribution in [2.75, 3.05) is 23.7 Å². The Kier molecular flexibility index (Phi) is 10.8. The van der Waals surface area contributed by atoms with Gasteiger partial charge in [-0.25, -0.2) is 8.42 Å². The van der Waals surface area contributed by atoms with Crippen LogP contribution in [0.4, 0.5) is 5.69 Å². The average Bonchev–Trinajstić information content (AvgIpc) is 2.90. The summed E-state index contributed by atoms with van der Waals surface area (Å²) < 4.78 is 27.1. The molecular formula is C31H38ClN3O4S. The van der Waals surface area contributed by atoms with Gasteiger partial charge in [0.25, 0.3) is 0 Å². The van der Waals surface area contributed by atoms with E-state index in [9.17, 15) is 18.0 Å². The Morgan fingerprint density at radius 3 is 2.23 bits per heavy atom. The Labute approximate surface area is 243 Å². The molecule has 0 spiro atoms. The Balaban J connectivity index is 2.08. The minimum atomic E-state index is -3.83. The van der Waals surface area contributed by atoms with Gasteiger partial charge in [-0.3, -0.25) is 13.9 Å². The Morgan fingerprint density at radius 1 is 0.950 bits per heavy atom. The van der Waals surface area contributed by atoms with Gasteiger partial charge in [-0.1, -0.05) is 86.1 Å². The van der Waals surface area contributed by atoms with Gasteiger partial charge >= 0.3 is 0 Å². The zero-order chi connectivity index (χ0) is 29.4. The molecule has 1 N–H and O–H groups in total. The quantitative estimate of drug-likeness (QED) is 0.320. The molecule has 2 amide bonds. The molecule has 0 unspecified atom stereocenters. The van der Waals surface area contributed by atoms with E-state index in [1.54, 1.807) is 31.2 Å². The minimum absolute atomic E-state index is 0.0372. The second-order valence-corrected chi connectivity index (χ2v) is 12.8. The predicted octanol–water partition coefficient (Wildman–Crippen LogP) is 5.14. The zero-order valence-corrected chi connectivity index (χ0v) is 25.3. The van der Waals surface area contributed by atoms with E-state index in [-0.39, 0.29) is 24.8 Å². The highest BCUT2D eigenvalue weighted by Crippen LogP contribution is 2.26. The van der Waals surface area contributed by atoms with Gasteiger partial charge in [0, 0.05) is 24.5 Å². The van der Waals surface area contributed by atoms with Crippen LogP contribution in [-0.4, -0.2) is 50.5 Å². The summed E-state index contributed by atoms with van der Waals surface area (Å²) in [4.78, 5) is 29.3. The minimum Gasteiger partial charge on any atom is -0.354 e. The maximum Gasteiger partial charge on any atom is 0.244 e. The molecule has 3 aromatic rings. The maximum atomic E-state index is 14.2. The fourth-order valence-electron chi connectivity index (χ4n) is 4.37. The molecule has 0 radical (unpaired) electrons. The number of hydrogen-bond donors (Lipinski definition) is 1. The Hall–Kier alpha value is -3.36. The number of hydrogen-bond acceptors (Lipinski definition) is 4. The first-order chi connectivity index (χ1) is 18.9. The lowest BCUT2D eigenvalue weighted by Gasteiger charge is -2.34. The number of aryl methyl sites for hydroxylation is 2. The molecular weight excluding hydrogens is 546 g/mol. The van der Waals surface area contributed by atoms with Crippen LogP contribution in [0, 0.1) is 19.8 Å². The van der Waals surface area contributed by atoms with Gasteiger partial charge in [0.05, 0.1) is 11.9 Å². The molecule has 3 rings (SSSR count). The molecule has 3 aromatic carbocycles. The number of nitrogens with one attached hydrogen (secondary N) is 1. The van der Waals surface area contributed by atoms with Crippen molar-refractivity contribution in [3.63, 3.8) is 0 Å². The van der Waals surface area contributed by atoms with E-state index in [1.165, 1.54) is 4.90 Å². The Morgan fingerprint density at radius 2 is 1.60 bits per heavy atom. The number of halogens is 1. The summed E-state index contributed by atoms with van der Waals surface area (Å²) in [6, 6.07) is 21.1. The summed E-state index contributed by atoms with van der Waals surface area (Å²) in [6.45, 7) is 7.67. The van der Waals surface area contributed by atoms with Crippen LogP contribution in [0.25, 0.3) is 0 Å². The highest BCUT2D eigenvalue weighted by molar-refractivity contribution is 7.92. The maximum absolute atomic E-state index is 14.2. The third-order valence-electron chi connectivity index (χ3n) is 6.57. The van der Waals surface area contributed by atoms with Crippen LogP contribution in [0.5, 0.6) is 0 Å². The lowest BCUT2D eigenvalue weighted by atomic mass is 10.0. The van der Waals surface area contributed by atoms with Crippen molar-refractivity contribution in [1.29, 1.82) is 0 Å². The lowest BCUT2D eigenvalue weighted by molar-refractivity contribution is -0.140. The first-order valence-corrected chi connectivity index (χ1v) is 15.5. The number of nitrogens with zero attached hydrogens (tertiary/aromatic N) is 2. The molecule has 40 heavy (non-hydrogen) atoms. The van der Waals surface area contributed by atoms with Crippen LogP contribution < -0.4 is 9.62 Å². The summed E-state index contributed by atoms with van der Waals surface area (Å²) in [7, 11) is -3.83. The lowest BCUT2D eigenvalue weighted by Crippen LogP contribution is -2.53. The van der Waals surface area contributed by atoms with Crippen LogP contribution in [0.1, 0.15) is 36.1 Å². The number of benzene rings is 3. The number of amides is 2. The summed E-state index contributed by atoms with van der Waals surface area (Å²) in [5.41, 5.74) is 3.54. The van der Waals surface area contributed by atoms with Crippen molar-refractivity contribution in [1.82, 2.24) is 10.2 Å². The largest absolute Gasteiger partial charge is 0.354 e. The van der Waals surface area contributed by atoms with E-state index in [0.717, 1.165) is 27.3 Å². The smallest absolute Gasteiger partial charge is 0.244 e.